The minimum atomic E-state index is -0.377. The van der Waals surface area contributed by atoms with E-state index in [4.69, 9.17) is 5.84 Å². The lowest BCUT2D eigenvalue weighted by molar-refractivity contribution is 0.0949. The average Bonchev–Trinajstić information content (AvgIpc) is 2.89. The molecular weight excluding hydrogens is 288 g/mol. The van der Waals surface area contributed by atoms with Crippen LogP contribution in [0.5, 0.6) is 0 Å². The van der Waals surface area contributed by atoms with Gasteiger partial charge in [-0.1, -0.05) is 35.9 Å². The maximum atomic E-state index is 12.0. The number of hydrazine groups is 1. The van der Waals surface area contributed by atoms with E-state index in [9.17, 15) is 4.79 Å². The first-order valence-corrected chi connectivity index (χ1v) is 7.54. The van der Waals surface area contributed by atoms with Gasteiger partial charge >= 0.3 is 0 Å². The van der Waals surface area contributed by atoms with Crippen molar-refractivity contribution in [3.8, 4) is 0 Å². The monoisotopic (exact) mass is 308 g/mol. The van der Waals surface area contributed by atoms with Crippen molar-refractivity contribution < 1.29 is 4.79 Å². The van der Waals surface area contributed by atoms with Crippen molar-refractivity contribution in [2.24, 2.45) is 5.84 Å². The van der Waals surface area contributed by atoms with E-state index in [-0.39, 0.29) is 5.91 Å². The molecule has 0 bridgehead atoms. The van der Waals surface area contributed by atoms with Gasteiger partial charge in [0.25, 0.3) is 5.91 Å². The molecule has 3 N–H and O–H groups in total. The largest absolute Gasteiger partial charge is 0.289 e. The second-order valence-electron chi connectivity index (χ2n) is 5.87. The summed E-state index contributed by atoms with van der Waals surface area (Å²) in [6, 6.07) is 12.0. The number of aromatic nitrogens is 2. The van der Waals surface area contributed by atoms with Gasteiger partial charge < -0.3 is 0 Å². The van der Waals surface area contributed by atoms with E-state index in [0.717, 1.165) is 10.9 Å². The highest BCUT2D eigenvalue weighted by molar-refractivity contribution is 6.04. The molecule has 5 nitrogen and oxygen atoms in total. The van der Waals surface area contributed by atoms with Gasteiger partial charge in [0, 0.05) is 5.39 Å². The summed E-state index contributed by atoms with van der Waals surface area (Å²) in [6.07, 6.45) is 0. The number of amides is 1. The van der Waals surface area contributed by atoms with E-state index in [0.29, 0.717) is 12.2 Å². The minimum absolute atomic E-state index is 0.352. The van der Waals surface area contributed by atoms with Crippen molar-refractivity contribution in [3.63, 3.8) is 0 Å². The van der Waals surface area contributed by atoms with Gasteiger partial charge in [0.2, 0.25) is 0 Å². The zero-order valence-corrected chi connectivity index (χ0v) is 13.6. The van der Waals surface area contributed by atoms with Crippen LogP contribution in [0, 0.1) is 20.8 Å². The van der Waals surface area contributed by atoms with Crippen LogP contribution in [0.1, 0.15) is 32.7 Å². The Labute approximate surface area is 135 Å². The second-order valence-corrected chi connectivity index (χ2v) is 5.87. The summed E-state index contributed by atoms with van der Waals surface area (Å²) < 4.78 is 1.87. The lowest BCUT2D eigenvalue weighted by Crippen LogP contribution is -2.30. The van der Waals surface area contributed by atoms with E-state index in [1.807, 2.05) is 28.9 Å². The second kappa shape index (κ2) is 5.85. The number of para-hydroxylation sites is 1. The summed E-state index contributed by atoms with van der Waals surface area (Å²) in [6.45, 7) is 6.93. The number of fused-ring (bicyclic) bond motifs is 1. The summed E-state index contributed by atoms with van der Waals surface area (Å²) in [5, 5.41) is 5.29. The SMILES string of the molecule is Cc1cc(C)c(Cn2nc(C(=O)NN)c3ccccc32)c(C)c1. The summed E-state index contributed by atoms with van der Waals surface area (Å²) >= 11 is 0. The predicted molar refractivity (Wildman–Crippen MR) is 91.1 cm³/mol. The topological polar surface area (TPSA) is 72.9 Å². The van der Waals surface area contributed by atoms with Crippen molar-refractivity contribution in [3.05, 3.63) is 64.3 Å². The molecule has 0 aliphatic rings. The average molecular weight is 308 g/mol. The number of rotatable bonds is 3. The Bertz CT molecular complexity index is 872. The summed E-state index contributed by atoms with van der Waals surface area (Å²) in [5.41, 5.74) is 8.37. The number of nitrogen functional groups attached to an aromatic ring is 1. The van der Waals surface area contributed by atoms with Crippen molar-refractivity contribution in [2.75, 3.05) is 0 Å². The fourth-order valence-corrected chi connectivity index (χ4v) is 3.09. The molecule has 0 saturated heterocycles. The number of benzene rings is 2. The van der Waals surface area contributed by atoms with Gasteiger partial charge in [-0.2, -0.15) is 5.10 Å². The number of nitrogens with two attached hydrogens (primary N) is 1. The summed E-state index contributed by atoms with van der Waals surface area (Å²) in [5.74, 6) is 4.90. The van der Waals surface area contributed by atoms with Crippen LogP contribution in [-0.4, -0.2) is 15.7 Å². The molecule has 118 valence electrons. The van der Waals surface area contributed by atoms with Gasteiger partial charge in [0.15, 0.2) is 5.69 Å². The number of carbonyl (C=O) groups is 1. The van der Waals surface area contributed by atoms with Crippen LogP contribution < -0.4 is 11.3 Å². The summed E-state index contributed by atoms with van der Waals surface area (Å²) in [4.78, 5) is 12.0. The Morgan fingerprint density at radius 2 is 1.83 bits per heavy atom. The Hall–Kier alpha value is -2.66. The van der Waals surface area contributed by atoms with Crippen LogP contribution in [0.15, 0.2) is 36.4 Å². The third-order valence-corrected chi connectivity index (χ3v) is 4.15. The molecule has 0 saturated carbocycles. The number of carbonyl (C=O) groups excluding carboxylic acids is 1. The van der Waals surface area contributed by atoms with E-state index in [2.05, 4.69) is 43.4 Å². The van der Waals surface area contributed by atoms with Crippen molar-refractivity contribution in [1.82, 2.24) is 15.2 Å². The van der Waals surface area contributed by atoms with Gasteiger partial charge in [0.1, 0.15) is 0 Å². The highest BCUT2D eigenvalue weighted by Gasteiger charge is 2.17. The molecule has 3 rings (SSSR count). The molecule has 0 spiro atoms. The first-order valence-electron chi connectivity index (χ1n) is 7.54. The highest BCUT2D eigenvalue weighted by Crippen LogP contribution is 2.22. The Morgan fingerprint density at radius 1 is 1.17 bits per heavy atom. The van der Waals surface area contributed by atoms with Gasteiger partial charge in [-0.3, -0.25) is 14.9 Å². The minimum Gasteiger partial charge on any atom is -0.289 e. The lowest BCUT2D eigenvalue weighted by Gasteiger charge is -2.12. The molecular formula is C18H20N4O. The third kappa shape index (κ3) is 2.71. The van der Waals surface area contributed by atoms with Crippen LogP contribution in [0.3, 0.4) is 0 Å². The highest BCUT2D eigenvalue weighted by atomic mass is 16.2. The lowest BCUT2D eigenvalue weighted by atomic mass is 10.00. The number of hydrogen-bond donors (Lipinski definition) is 2. The predicted octanol–water partition coefficient (Wildman–Crippen LogP) is 2.61. The van der Waals surface area contributed by atoms with E-state index < -0.39 is 0 Å². The van der Waals surface area contributed by atoms with E-state index in [1.165, 1.54) is 22.3 Å². The maximum absolute atomic E-state index is 12.0. The molecule has 0 radical (unpaired) electrons. The van der Waals surface area contributed by atoms with Gasteiger partial charge in [-0.05, 0) is 43.5 Å². The zero-order chi connectivity index (χ0) is 16.6. The van der Waals surface area contributed by atoms with Crippen molar-refractivity contribution in [1.29, 1.82) is 0 Å². The first-order chi connectivity index (χ1) is 11.0. The van der Waals surface area contributed by atoms with Gasteiger partial charge in [-0.25, -0.2) is 5.84 Å². The molecule has 23 heavy (non-hydrogen) atoms. The van der Waals surface area contributed by atoms with Crippen LogP contribution in [0.4, 0.5) is 0 Å². The Balaban J connectivity index is 2.13. The zero-order valence-electron chi connectivity index (χ0n) is 13.6. The number of nitrogens with zero attached hydrogens (tertiary/aromatic N) is 2. The normalized spacial score (nSPS) is 11.0. The third-order valence-electron chi connectivity index (χ3n) is 4.15. The fraction of sp³-hybridized carbons (Fsp3) is 0.222. The van der Waals surface area contributed by atoms with Gasteiger partial charge in [0.05, 0.1) is 12.1 Å². The van der Waals surface area contributed by atoms with Gasteiger partial charge in [-0.15, -0.1) is 0 Å². The van der Waals surface area contributed by atoms with Crippen molar-refractivity contribution in [2.45, 2.75) is 27.3 Å². The van der Waals surface area contributed by atoms with E-state index >= 15 is 0 Å². The molecule has 0 atom stereocenters. The first kappa shape index (κ1) is 15.2. The number of nitrogens with one attached hydrogen (secondary N) is 1. The quantitative estimate of drug-likeness (QED) is 0.444. The maximum Gasteiger partial charge on any atom is 0.286 e. The van der Waals surface area contributed by atoms with Crippen LogP contribution in [0.25, 0.3) is 10.9 Å². The van der Waals surface area contributed by atoms with Crippen LogP contribution in [0.2, 0.25) is 0 Å². The molecule has 3 aromatic rings. The molecule has 0 fully saturated rings. The Kier molecular flexibility index (Phi) is 3.88. The fourth-order valence-electron chi connectivity index (χ4n) is 3.09. The Morgan fingerprint density at radius 3 is 2.48 bits per heavy atom. The molecule has 0 aliphatic carbocycles. The standard InChI is InChI=1S/C18H20N4O/c1-11-8-12(2)15(13(3)9-11)10-22-16-7-5-4-6-14(16)17(21-22)18(23)20-19/h4-9H,10,19H2,1-3H3,(H,20,23). The van der Waals surface area contributed by atoms with Crippen molar-refractivity contribution >= 4 is 16.8 Å². The number of aryl methyl sites for hydroxylation is 3. The molecule has 0 aliphatic heterocycles. The molecule has 5 heteroatoms. The molecule has 1 heterocycles. The number of hydrogen-bond acceptors (Lipinski definition) is 3. The smallest absolute Gasteiger partial charge is 0.286 e. The van der Waals surface area contributed by atoms with E-state index in [1.54, 1.807) is 0 Å². The molecule has 0 unspecified atom stereocenters. The van der Waals surface area contributed by atoms with Crippen LogP contribution in [-0.2, 0) is 6.54 Å². The summed E-state index contributed by atoms with van der Waals surface area (Å²) in [7, 11) is 0. The molecule has 2 aromatic carbocycles. The molecule has 1 aromatic heterocycles. The molecule has 1 amide bonds. The van der Waals surface area contributed by atoms with Crippen LogP contribution >= 0.6 is 0 Å².